The third-order valence-corrected chi connectivity index (χ3v) is 4.61. The van der Waals surface area contributed by atoms with Gasteiger partial charge in [-0.2, -0.15) is 0 Å². The molecule has 2 aromatic rings. The number of carbonyl (C=O) groups is 1. The quantitative estimate of drug-likeness (QED) is 0.808. The molecule has 0 radical (unpaired) electrons. The Hall–Kier alpha value is -2.45. The van der Waals surface area contributed by atoms with Crippen LogP contribution in [0.4, 0.5) is 0 Å². The first-order valence-electron chi connectivity index (χ1n) is 8.68. The molecule has 8 nitrogen and oxygen atoms in total. The zero-order valence-corrected chi connectivity index (χ0v) is 14.9. The molecule has 4 heterocycles. The maximum Gasteiger partial charge on any atom is 0.274 e. The molecule has 0 aliphatic carbocycles. The molecule has 1 amide bonds. The van der Waals surface area contributed by atoms with Crippen LogP contribution in [0, 0.1) is 6.92 Å². The molecule has 138 valence electrons. The second-order valence-electron chi connectivity index (χ2n) is 6.75. The second kappa shape index (κ2) is 7.05. The van der Waals surface area contributed by atoms with Crippen molar-refractivity contribution in [3.8, 4) is 5.75 Å². The zero-order valence-electron chi connectivity index (χ0n) is 14.9. The molecule has 4 rings (SSSR count). The van der Waals surface area contributed by atoms with E-state index in [4.69, 9.17) is 14.2 Å². The molecule has 2 fully saturated rings. The van der Waals surface area contributed by atoms with E-state index in [2.05, 4.69) is 9.97 Å². The molecule has 0 bridgehead atoms. The predicted octanol–water partition coefficient (Wildman–Crippen LogP) is 0.811. The summed E-state index contributed by atoms with van der Waals surface area (Å²) in [5.41, 5.74) is 1.38. The van der Waals surface area contributed by atoms with Crippen molar-refractivity contribution < 1.29 is 19.0 Å². The average Bonchev–Trinajstić information content (AvgIpc) is 3.20. The molecule has 0 N–H and O–H groups in total. The Kier molecular flexibility index (Phi) is 4.60. The van der Waals surface area contributed by atoms with Crippen LogP contribution in [0.3, 0.4) is 0 Å². The number of likely N-dealkylation sites (tertiary alicyclic amines) is 1. The number of ether oxygens (including phenoxy) is 3. The first kappa shape index (κ1) is 17.0. The maximum atomic E-state index is 12.5. The summed E-state index contributed by atoms with van der Waals surface area (Å²) in [6, 6.07) is 3.80. The normalized spacial score (nSPS) is 23.5. The van der Waals surface area contributed by atoms with Crippen LogP contribution < -0.4 is 4.74 Å². The van der Waals surface area contributed by atoms with Gasteiger partial charge in [0.15, 0.2) is 0 Å². The first-order chi connectivity index (χ1) is 12.6. The molecule has 0 aromatic carbocycles. The minimum atomic E-state index is -0.190. The van der Waals surface area contributed by atoms with E-state index in [0.29, 0.717) is 37.7 Å². The van der Waals surface area contributed by atoms with Gasteiger partial charge in [-0.3, -0.25) is 9.78 Å². The number of hydrogen-bond acceptors (Lipinski definition) is 6. The molecule has 2 aliphatic heterocycles. The molecule has 0 unspecified atom stereocenters. The Labute approximate surface area is 151 Å². The van der Waals surface area contributed by atoms with E-state index in [1.807, 2.05) is 26.1 Å². The molecular formula is C18H22N4O4. The van der Waals surface area contributed by atoms with Crippen LogP contribution in [-0.2, 0) is 16.5 Å². The fraction of sp³-hybridized carbons (Fsp3) is 0.500. The van der Waals surface area contributed by atoms with E-state index < -0.39 is 0 Å². The van der Waals surface area contributed by atoms with Crippen LogP contribution in [0.25, 0.3) is 0 Å². The van der Waals surface area contributed by atoms with E-state index in [1.165, 1.54) is 0 Å². The summed E-state index contributed by atoms with van der Waals surface area (Å²) in [7, 11) is 1.84. The number of imidazole rings is 1. The van der Waals surface area contributed by atoms with Gasteiger partial charge in [0.25, 0.3) is 5.91 Å². The summed E-state index contributed by atoms with van der Waals surface area (Å²) >= 11 is 0. The van der Waals surface area contributed by atoms with Gasteiger partial charge in [-0.25, -0.2) is 4.98 Å². The zero-order chi connectivity index (χ0) is 18.1. The number of aromatic nitrogens is 3. The molecule has 26 heavy (non-hydrogen) atoms. The lowest BCUT2D eigenvalue weighted by Crippen LogP contribution is -2.33. The lowest BCUT2D eigenvalue weighted by atomic mass is 10.3. The number of carbonyl (C=O) groups excluding carboxylic acids is 1. The van der Waals surface area contributed by atoms with Crippen LogP contribution in [0.15, 0.2) is 30.9 Å². The number of hydrogen-bond donors (Lipinski definition) is 0. The highest BCUT2D eigenvalue weighted by Crippen LogP contribution is 2.23. The summed E-state index contributed by atoms with van der Waals surface area (Å²) in [5.74, 6) is 0.608. The molecule has 0 spiro atoms. The fourth-order valence-corrected chi connectivity index (χ4v) is 3.21. The monoisotopic (exact) mass is 358 g/mol. The molecule has 2 atom stereocenters. The summed E-state index contributed by atoms with van der Waals surface area (Å²) < 4.78 is 19.6. The lowest BCUT2D eigenvalue weighted by molar-refractivity contribution is -0.00461. The van der Waals surface area contributed by atoms with E-state index in [0.717, 1.165) is 5.69 Å². The Morgan fingerprint density at radius 3 is 2.50 bits per heavy atom. The Morgan fingerprint density at radius 1 is 1.19 bits per heavy atom. The van der Waals surface area contributed by atoms with Crippen molar-refractivity contribution in [3.05, 3.63) is 42.2 Å². The minimum Gasteiger partial charge on any atom is -0.484 e. The van der Waals surface area contributed by atoms with Crippen molar-refractivity contribution in [1.29, 1.82) is 0 Å². The Bertz CT molecular complexity index is 760. The van der Waals surface area contributed by atoms with Crippen molar-refractivity contribution in [2.45, 2.75) is 25.2 Å². The van der Waals surface area contributed by atoms with Crippen LogP contribution in [-0.4, -0.2) is 70.0 Å². The van der Waals surface area contributed by atoms with Gasteiger partial charge < -0.3 is 23.7 Å². The number of pyridine rings is 1. The highest BCUT2D eigenvalue weighted by molar-refractivity contribution is 5.92. The number of aryl methyl sites for hydroxylation is 2. The molecule has 8 heteroatoms. The van der Waals surface area contributed by atoms with Gasteiger partial charge in [0.2, 0.25) is 0 Å². The third kappa shape index (κ3) is 3.56. The Morgan fingerprint density at radius 2 is 1.92 bits per heavy atom. The highest BCUT2D eigenvalue weighted by Gasteiger charge is 2.40. The summed E-state index contributed by atoms with van der Waals surface area (Å²) in [6.45, 7) is 3.76. The number of amides is 1. The molecule has 0 saturated carbocycles. The van der Waals surface area contributed by atoms with Gasteiger partial charge in [-0.05, 0) is 19.1 Å². The summed E-state index contributed by atoms with van der Waals surface area (Å²) in [6.07, 6.45) is 4.56. The number of fused-ring (bicyclic) bond motifs is 1. The van der Waals surface area contributed by atoms with E-state index in [-0.39, 0.29) is 24.2 Å². The second-order valence-corrected chi connectivity index (χ2v) is 6.75. The van der Waals surface area contributed by atoms with Crippen molar-refractivity contribution in [2.24, 2.45) is 7.05 Å². The van der Waals surface area contributed by atoms with Crippen LogP contribution in [0.5, 0.6) is 5.75 Å². The summed E-state index contributed by atoms with van der Waals surface area (Å²) in [4.78, 5) is 22.6. The fourth-order valence-electron chi connectivity index (χ4n) is 3.21. The number of rotatable bonds is 3. The largest absolute Gasteiger partial charge is 0.484 e. The molecule has 2 saturated heterocycles. The minimum absolute atomic E-state index is 0.0931. The highest BCUT2D eigenvalue weighted by atomic mass is 16.6. The molecular weight excluding hydrogens is 336 g/mol. The lowest BCUT2D eigenvalue weighted by Gasteiger charge is -2.19. The maximum absolute atomic E-state index is 12.5. The van der Waals surface area contributed by atoms with Gasteiger partial charge in [-0.15, -0.1) is 0 Å². The SMILES string of the molecule is Cc1ccc(OC2CO[C@H]3CN(C(=O)c4cn(C)cn4)C[C@@H]3OC2)cn1. The van der Waals surface area contributed by atoms with Crippen molar-refractivity contribution in [1.82, 2.24) is 19.4 Å². The van der Waals surface area contributed by atoms with Crippen molar-refractivity contribution in [2.75, 3.05) is 26.3 Å². The van der Waals surface area contributed by atoms with Gasteiger partial charge in [0, 0.05) is 32.0 Å². The predicted molar refractivity (Wildman–Crippen MR) is 92.0 cm³/mol. The van der Waals surface area contributed by atoms with Gasteiger partial charge in [0.05, 0.1) is 25.7 Å². The molecule has 2 aliphatic rings. The van der Waals surface area contributed by atoms with Gasteiger partial charge in [-0.1, -0.05) is 0 Å². The standard InChI is InChI=1S/C18H22N4O4/c1-12-3-4-13(5-19-12)26-14-9-24-16-7-22(8-17(16)25-10-14)18(23)15-6-21(2)11-20-15/h3-6,11,14,16-17H,7-10H2,1-2H3/t16-,17-/m0/s1. The smallest absolute Gasteiger partial charge is 0.274 e. The van der Waals surface area contributed by atoms with Crippen molar-refractivity contribution >= 4 is 5.91 Å². The van der Waals surface area contributed by atoms with Crippen LogP contribution >= 0.6 is 0 Å². The molecule has 2 aromatic heterocycles. The first-order valence-corrected chi connectivity index (χ1v) is 8.68. The van der Waals surface area contributed by atoms with E-state index >= 15 is 0 Å². The Balaban J connectivity index is 1.34. The van der Waals surface area contributed by atoms with Gasteiger partial charge >= 0.3 is 0 Å². The third-order valence-electron chi connectivity index (χ3n) is 4.61. The van der Waals surface area contributed by atoms with Crippen LogP contribution in [0.2, 0.25) is 0 Å². The summed E-state index contributed by atoms with van der Waals surface area (Å²) in [5, 5.41) is 0. The average molecular weight is 358 g/mol. The van der Waals surface area contributed by atoms with Gasteiger partial charge in [0.1, 0.15) is 29.8 Å². The van der Waals surface area contributed by atoms with E-state index in [1.54, 1.807) is 28.2 Å². The van der Waals surface area contributed by atoms with Crippen molar-refractivity contribution in [3.63, 3.8) is 0 Å². The topological polar surface area (TPSA) is 78.7 Å². The number of nitrogens with zero attached hydrogens (tertiary/aromatic N) is 4. The van der Waals surface area contributed by atoms with E-state index in [9.17, 15) is 4.79 Å². The van der Waals surface area contributed by atoms with Crippen LogP contribution in [0.1, 0.15) is 16.2 Å².